The van der Waals surface area contributed by atoms with E-state index in [2.05, 4.69) is 19.2 Å². The molecule has 76 valence electrons. The second-order valence-electron chi connectivity index (χ2n) is 4.32. The highest BCUT2D eigenvalue weighted by Gasteiger charge is 2.18. The molecule has 0 aliphatic carbocycles. The van der Waals surface area contributed by atoms with Crippen LogP contribution in [0.15, 0.2) is 0 Å². The zero-order chi connectivity index (χ0) is 9.68. The van der Waals surface area contributed by atoms with Crippen molar-refractivity contribution in [3.05, 3.63) is 0 Å². The second-order valence-corrected chi connectivity index (χ2v) is 4.32. The van der Waals surface area contributed by atoms with E-state index in [1.165, 1.54) is 6.42 Å². The number of hydrogen-bond acceptors (Lipinski definition) is 2. The minimum absolute atomic E-state index is 0.461. The Labute approximate surface area is 81.1 Å². The number of hydrogen-bond donors (Lipinski definition) is 1. The van der Waals surface area contributed by atoms with Gasteiger partial charge in [-0.05, 0) is 31.3 Å². The van der Waals surface area contributed by atoms with Crippen molar-refractivity contribution in [1.29, 1.82) is 0 Å². The molecule has 1 aliphatic rings. The van der Waals surface area contributed by atoms with Gasteiger partial charge in [-0.25, -0.2) is 0 Å². The zero-order valence-electron chi connectivity index (χ0n) is 8.81. The van der Waals surface area contributed by atoms with Crippen LogP contribution in [-0.2, 0) is 4.79 Å². The van der Waals surface area contributed by atoms with Gasteiger partial charge in [0.1, 0.15) is 5.78 Å². The first-order chi connectivity index (χ1) is 6.22. The maximum atomic E-state index is 11.5. The molecule has 1 rings (SSSR count). The van der Waals surface area contributed by atoms with E-state index >= 15 is 0 Å². The van der Waals surface area contributed by atoms with E-state index in [0.29, 0.717) is 17.6 Å². The maximum Gasteiger partial charge on any atom is 0.133 e. The summed E-state index contributed by atoms with van der Waals surface area (Å²) in [7, 11) is 0. The van der Waals surface area contributed by atoms with Crippen molar-refractivity contribution >= 4 is 5.78 Å². The fourth-order valence-corrected chi connectivity index (χ4v) is 1.83. The molecule has 1 heterocycles. The first-order valence-corrected chi connectivity index (χ1v) is 5.44. The van der Waals surface area contributed by atoms with Crippen molar-refractivity contribution in [2.24, 2.45) is 11.8 Å². The summed E-state index contributed by atoms with van der Waals surface area (Å²) in [6.45, 7) is 6.45. The summed E-state index contributed by atoms with van der Waals surface area (Å²) in [4.78, 5) is 11.5. The number of rotatable bonds is 5. The van der Waals surface area contributed by atoms with Crippen molar-refractivity contribution < 1.29 is 4.79 Å². The molecule has 2 unspecified atom stereocenters. The average molecular weight is 183 g/mol. The minimum atomic E-state index is 0.461. The van der Waals surface area contributed by atoms with Crippen LogP contribution in [0.5, 0.6) is 0 Å². The molecule has 0 spiro atoms. The van der Waals surface area contributed by atoms with Crippen LogP contribution in [0.2, 0.25) is 0 Å². The van der Waals surface area contributed by atoms with Crippen LogP contribution in [0, 0.1) is 11.8 Å². The van der Waals surface area contributed by atoms with E-state index in [1.807, 2.05) is 0 Å². The van der Waals surface area contributed by atoms with Gasteiger partial charge in [-0.15, -0.1) is 0 Å². The van der Waals surface area contributed by atoms with Crippen molar-refractivity contribution in [3.8, 4) is 0 Å². The normalized spacial score (nSPS) is 24.6. The lowest BCUT2D eigenvalue weighted by atomic mass is 9.95. The molecule has 2 atom stereocenters. The predicted octanol–water partition coefficient (Wildman–Crippen LogP) is 1.99. The molecule has 1 fully saturated rings. The fourth-order valence-electron chi connectivity index (χ4n) is 1.83. The molecule has 1 aliphatic heterocycles. The maximum absolute atomic E-state index is 11.5. The Morgan fingerprint density at radius 3 is 2.92 bits per heavy atom. The molecule has 0 aromatic heterocycles. The predicted molar refractivity (Wildman–Crippen MR) is 54.7 cm³/mol. The molecule has 2 nitrogen and oxygen atoms in total. The molecule has 1 saturated heterocycles. The largest absolute Gasteiger partial charge is 0.316 e. The number of Topliss-reactive ketones (excluding diaryl/α,β-unsaturated/α-hetero) is 1. The van der Waals surface area contributed by atoms with E-state index in [0.717, 1.165) is 32.4 Å². The SMILES string of the molecule is CCC(C)CC(=O)CC1CCNC1. The van der Waals surface area contributed by atoms with Gasteiger partial charge >= 0.3 is 0 Å². The summed E-state index contributed by atoms with van der Waals surface area (Å²) in [5.74, 6) is 1.65. The first-order valence-electron chi connectivity index (χ1n) is 5.44. The summed E-state index contributed by atoms with van der Waals surface area (Å²) in [6.07, 6.45) is 3.89. The van der Waals surface area contributed by atoms with Crippen LogP contribution < -0.4 is 5.32 Å². The molecule has 2 heteroatoms. The minimum Gasteiger partial charge on any atom is -0.316 e. The summed E-state index contributed by atoms with van der Waals surface area (Å²) in [5, 5.41) is 3.29. The van der Waals surface area contributed by atoms with Crippen LogP contribution in [0.25, 0.3) is 0 Å². The number of carbonyl (C=O) groups excluding carboxylic acids is 1. The molecule has 13 heavy (non-hydrogen) atoms. The van der Waals surface area contributed by atoms with Gasteiger partial charge in [0.2, 0.25) is 0 Å². The summed E-state index contributed by atoms with van der Waals surface area (Å²) < 4.78 is 0. The van der Waals surface area contributed by atoms with Crippen molar-refractivity contribution in [3.63, 3.8) is 0 Å². The van der Waals surface area contributed by atoms with Crippen LogP contribution in [0.4, 0.5) is 0 Å². The lowest BCUT2D eigenvalue weighted by Gasteiger charge is -2.10. The van der Waals surface area contributed by atoms with Gasteiger partial charge in [0, 0.05) is 12.8 Å². The van der Waals surface area contributed by atoms with E-state index in [-0.39, 0.29) is 0 Å². The average Bonchev–Trinajstić information content (AvgIpc) is 2.56. The van der Waals surface area contributed by atoms with Gasteiger partial charge in [-0.3, -0.25) is 4.79 Å². The Hall–Kier alpha value is -0.370. The van der Waals surface area contributed by atoms with E-state index < -0.39 is 0 Å². The van der Waals surface area contributed by atoms with E-state index in [4.69, 9.17) is 0 Å². The molecule has 0 bridgehead atoms. The number of carbonyl (C=O) groups is 1. The van der Waals surface area contributed by atoms with Crippen LogP contribution in [-0.4, -0.2) is 18.9 Å². The van der Waals surface area contributed by atoms with Gasteiger partial charge < -0.3 is 5.32 Å². The second kappa shape index (κ2) is 5.38. The third-order valence-electron chi connectivity index (χ3n) is 2.95. The fraction of sp³-hybridized carbons (Fsp3) is 0.909. The Morgan fingerprint density at radius 2 is 2.38 bits per heavy atom. The standard InChI is InChI=1S/C11H21NO/c1-3-9(2)6-11(13)7-10-4-5-12-8-10/h9-10,12H,3-8H2,1-2H3. The first kappa shape index (κ1) is 10.7. The lowest BCUT2D eigenvalue weighted by molar-refractivity contribution is -0.120. The van der Waals surface area contributed by atoms with Gasteiger partial charge in [-0.2, -0.15) is 0 Å². The van der Waals surface area contributed by atoms with Gasteiger partial charge in [0.15, 0.2) is 0 Å². The zero-order valence-corrected chi connectivity index (χ0v) is 8.81. The molecule has 0 aromatic carbocycles. The van der Waals surface area contributed by atoms with Crippen molar-refractivity contribution in [2.45, 2.75) is 39.5 Å². The van der Waals surface area contributed by atoms with Gasteiger partial charge in [0.05, 0.1) is 0 Å². The summed E-state index contributed by atoms with van der Waals surface area (Å²) in [5.41, 5.74) is 0. The molecule has 0 aromatic rings. The smallest absolute Gasteiger partial charge is 0.133 e. The third-order valence-corrected chi connectivity index (χ3v) is 2.95. The highest BCUT2D eigenvalue weighted by molar-refractivity contribution is 5.78. The van der Waals surface area contributed by atoms with E-state index in [9.17, 15) is 4.79 Å². The highest BCUT2D eigenvalue weighted by atomic mass is 16.1. The summed E-state index contributed by atoms with van der Waals surface area (Å²) in [6, 6.07) is 0. The molecule has 0 saturated carbocycles. The quantitative estimate of drug-likeness (QED) is 0.706. The monoisotopic (exact) mass is 183 g/mol. The Kier molecular flexibility index (Phi) is 4.43. The molecular weight excluding hydrogens is 162 g/mol. The number of nitrogens with one attached hydrogen (secondary N) is 1. The van der Waals surface area contributed by atoms with Crippen molar-refractivity contribution in [1.82, 2.24) is 5.32 Å². The molecule has 0 radical (unpaired) electrons. The highest BCUT2D eigenvalue weighted by Crippen LogP contribution is 2.16. The molecular formula is C11H21NO. The Morgan fingerprint density at radius 1 is 1.62 bits per heavy atom. The number of ketones is 1. The Balaban J connectivity index is 2.16. The Bertz CT molecular complexity index is 161. The van der Waals surface area contributed by atoms with E-state index in [1.54, 1.807) is 0 Å². The van der Waals surface area contributed by atoms with Crippen LogP contribution in [0.3, 0.4) is 0 Å². The van der Waals surface area contributed by atoms with Crippen molar-refractivity contribution in [2.75, 3.05) is 13.1 Å². The topological polar surface area (TPSA) is 29.1 Å². The van der Waals surface area contributed by atoms with Crippen LogP contribution in [0.1, 0.15) is 39.5 Å². The lowest BCUT2D eigenvalue weighted by Crippen LogP contribution is -2.14. The van der Waals surface area contributed by atoms with Gasteiger partial charge in [0.25, 0.3) is 0 Å². The van der Waals surface area contributed by atoms with Gasteiger partial charge in [-0.1, -0.05) is 20.3 Å². The third kappa shape index (κ3) is 3.90. The van der Waals surface area contributed by atoms with Crippen LogP contribution >= 0.6 is 0 Å². The molecule has 0 amide bonds. The molecule has 1 N–H and O–H groups in total. The summed E-state index contributed by atoms with van der Waals surface area (Å²) >= 11 is 0.